The molecule has 0 aromatic carbocycles. The number of hydrogen-bond acceptors (Lipinski definition) is 4. The Morgan fingerprint density at radius 2 is 1.89 bits per heavy atom. The summed E-state index contributed by atoms with van der Waals surface area (Å²) in [6.45, 7) is 0. The quantitative estimate of drug-likeness (QED) is 0.470. The van der Waals surface area contributed by atoms with E-state index in [4.69, 9.17) is 9.47 Å². The molecule has 2 aliphatic rings. The zero-order valence-corrected chi connectivity index (χ0v) is 5.52. The topological polar surface area (TPSA) is 35.5 Å². The Morgan fingerprint density at radius 3 is 2.44 bits per heavy atom. The molecule has 0 bridgehead atoms. The smallest absolute Gasteiger partial charge is 0.426 e. The van der Waals surface area contributed by atoms with Gasteiger partial charge < -0.3 is 9.47 Å². The van der Waals surface area contributed by atoms with Crippen molar-refractivity contribution in [2.24, 2.45) is 0 Å². The van der Waals surface area contributed by atoms with E-state index in [2.05, 4.69) is 0 Å². The molecule has 0 spiro atoms. The summed E-state index contributed by atoms with van der Waals surface area (Å²) in [4.78, 5) is 10.4. The number of rotatable bonds is 0. The Kier molecular flexibility index (Phi) is 1.08. The summed E-state index contributed by atoms with van der Waals surface area (Å²) >= 11 is 1.77. The van der Waals surface area contributed by atoms with Crippen molar-refractivity contribution in [2.75, 3.05) is 11.5 Å². The van der Waals surface area contributed by atoms with Crippen molar-refractivity contribution in [1.29, 1.82) is 0 Å². The zero-order valence-electron chi connectivity index (χ0n) is 4.70. The molecule has 2 unspecified atom stereocenters. The fourth-order valence-corrected chi connectivity index (χ4v) is 2.18. The number of carbonyl (C=O) groups excluding carboxylic acids is 1. The van der Waals surface area contributed by atoms with Crippen LogP contribution in [0.3, 0.4) is 0 Å². The van der Waals surface area contributed by atoms with Crippen LogP contribution < -0.4 is 0 Å². The number of carbonyl (C=O) groups is 1. The molecular weight excluding hydrogens is 140 g/mol. The third-order valence-corrected chi connectivity index (χ3v) is 2.60. The first-order chi connectivity index (χ1) is 4.36. The van der Waals surface area contributed by atoms with E-state index < -0.39 is 6.16 Å². The van der Waals surface area contributed by atoms with Crippen molar-refractivity contribution in [2.45, 2.75) is 12.2 Å². The number of thioether (sulfide) groups is 1. The lowest BCUT2D eigenvalue weighted by molar-refractivity contribution is 0.118. The Bertz CT molecular complexity index is 133. The van der Waals surface area contributed by atoms with Crippen LogP contribution in [0.2, 0.25) is 0 Å². The molecule has 2 saturated heterocycles. The molecule has 0 aliphatic carbocycles. The van der Waals surface area contributed by atoms with Crippen LogP contribution in [0.25, 0.3) is 0 Å². The van der Waals surface area contributed by atoms with Crippen LogP contribution in [0.5, 0.6) is 0 Å². The molecule has 0 aromatic heterocycles. The van der Waals surface area contributed by atoms with Crippen molar-refractivity contribution in [1.82, 2.24) is 0 Å². The molecule has 4 heteroatoms. The minimum absolute atomic E-state index is 0.0440. The average Bonchev–Trinajstić information content (AvgIpc) is 2.22. The fourth-order valence-electron chi connectivity index (χ4n) is 1.01. The lowest BCUT2D eigenvalue weighted by atomic mass is 10.3. The second kappa shape index (κ2) is 1.80. The van der Waals surface area contributed by atoms with Crippen molar-refractivity contribution >= 4 is 17.9 Å². The molecular formula is C5H6O3S. The molecule has 0 amide bonds. The average molecular weight is 146 g/mol. The molecule has 2 aliphatic heterocycles. The Hall–Kier alpha value is -0.380. The van der Waals surface area contributed by atoms with Crippen LogP contribution in [0.1, 0.15) is 0 Å². The van der Waals surface area contributed by atoms with E-state index in [-0.39, 0.29) is 12.2 Å². The number of hydrogen-bond donors (Lipinski definition) is 0. The van der Waals surface area contributed by atoms with Crippen molar-refractivity contribution in [3.63, 3.8) is 0 Å². The Morgan fingerprint density at radius 1 is 1.33 bits per heavy atom. The molecule has 50 valence electrons. The second-order valence-corrected chi connectivity index (χ2v) is 3.17. The van der Waals surface area contributed by atoms with E-state index in [1.165, 1.54) is 0 Å². The Labute approximate surface area is 56.7 Å². The van der Waals surface area contributed by atoms with Crippen LogP contribution in [-0.2, 0) is 9.47 Å². The van der Waals surface area contributed by atoms with E-state index in [1.54, 1.807) is 11.8 Å². The van der Waals surface area contributed by atoms with E-state index >= 15 is 0 Å². The number of ether oxygens (including phenoxy) is 2. The van der Waals surface area contributed by atoms with Crippen molar-refractivity contribution < 1.29 is 14.3 Å². The van der Waals surface area contributed by atoms with E-state index in [0.29, 0.717) is 0 Å². The summed E-state index contributed by atoms with van der Waals surface area (Å²) in [5, 5.41) is 0. The highest BCUT2D eigenvalue weighted by Crippen LogP contribution is 2.28. The predicted octanol–water partition coefficient (Wildman–Crippen LogP) is 0.637. The summed E-state index contributed by atoms with van der Waals surface area (Å²) in [6, 6.07) is 0. The first-order valence-corrected chi connectivity index (χ1v) is 3.97. The van der Waals surface area contributed by atoms with Gasteiger partial charge in [-0.05, 0) is 0 Å². The molecule has 2 heterocycles. The maximum absolute atomic E-state index is 10.4. The highest BCUT2D eigenvalue weighted by molar-refractivity contribution is 7.99. The minimum atomic E-state index is -0.495. The minimum Gasteiger partial charge on any atom is -0.426 e. The monoisotopic (exact) mass is 146 g/mol. The summed E-state index contributed by atoms with van der Waals surface area (Å²) in [5.41, 5.74) is 0. The third kappa shape index (κ3) is 0.775. The van der Waals surface area contributed by atoms with Gasteiger partial charge in [-0.2, -0.15) is 11.8 Å². The third-order valence-electron chi connectivity index (χ3n) is 1.47. The molecule has 3 nitrogen and oxygen atoms in total. The van der Waals surface area contributed by atoms with Crippen LogP contribution in [0.15, 0.2) is 0 Å². The predicted molar refractivity (Wildman–Crippen MR) is 32.5 cm³/mol. The first-order valence-electron chi connectivity index (χ1n) is 2.81. The van der Waals surface area contributed by atoms with Gasteiger partial charge in [0.05, 0.1) is 0 Å². The lowest BCUT2D eigenvalue weighted by Crippen LogP contribution is -2.18. The summed E-state index contributed by atoms with van der Waals surface area (Å²) in [5.74, 6) is 1.80. The van der Waals surface area contributed by atoms with Gasteiger partial charge in [0.2, 0.25) is 0 Å². The molecule has 0 aromatic rings. The summed E-state index contributed by atoms with van der Waals surface area (Å²) < 4.78 is 9.61. The second-order valence-electron chi connectivity index (χ2n) is 2.10. The van der Waals surface area contributed by atoms with Gasteiger partial charge in [-0.1, -0.05) is 0 Å². The maximum Gasteiger partial charge on any atom is 0.509 e. The molecule has 2 fully saturated rings. The van der Waals surface area contributed by atoms with Gasteiger partial charge in [0.1, 0.15) is 0 Å². The first kappa shape index (κ1) is 5.41. The zero-order chi connectivity index (χ0) is 6.27. The standard InChI is InChI=1S/C5H6O3S/c6-5-7-3-1-9-2-4(3)8-5/h3-4H,1-2H2. The van der Waals surface area contributed by atoms with Gasteiger partial charge >= 0.3 is 6.16 Å². The maximum atomic E-state index is 10.4. The molecule has 2 atom stereocenters. The van der Waals surface area contributed by atoms with E-state index in [1.807, 2.05) is 0 Å². The highest BCUT2D eigenvalue weighted by Gasteiger charge is 2.40. The molecule has 0 saturated carbocycles. The summed E-state index contributed by atoms with van der Waals surface area (Å²) in [6.07, 6.45) is -0.407. The van der Waals surface area contributed by atoms with Crippen LogP contribution in [0, 0.1) is 0 Å². The lowest BCUT2D eigenvalue weighted by Gasteiger charge is -1.98. The van der Waals surface area contributed by atoms with Gasteiger partial charge in [-0.25, -0.2) is 4.79 Å². The van der Waals surface area contributed by atoms with Crippen LogP contribution in [-0.4, -0.2) is 29.9 Å². The van der Waals surface area contributed by atoms with Gasteiger partial charge in [0.15, 0.2) is 12.2 Å². The Balaban J connectivity index is 2.09. The molecule has 0 N–H and O–H groups in total. The molecule has 2 rings (SSSR count). The largest absolute Gasteiger partial charge is 0.509 e. The van der Waals surface area contributed by atoms with Crippen molar-refractivity contribution in [3.05, 3.63) is 0 Å². The van der Waals surface area contributed by atoms with Gasteiger partial charge in [0.25, 0.3) is 0 Å². The van der Waals surface area contributed by atoms with Gasteiger partial charge in [-0.15, -0.1) is 0 Å². The van der Waals surface area contributed by atoms with Gasteiger partial charge in [0, 0.05) is 11.5 Å². The fraction of sp³-hybridized carbons (Fsp3) is 0.800. The highest BCUT2D eigenvalue weighted by atomic mass is 32.2. The SMILES string of the molecule is O=C1OC2CSCC2O1. The number of fused-ring (bicyclic) bond motifs is 1. The van der Waals surface area contributed by atoms with Crippen LogP contribution in [0.4, 0.5) is 4.79 Å². The van der Waals surface area contributed by atoms with Crippen molar-refractivity contribution in [3.8, 4) is 0 Å². The van der Waals surface area contributed by atoms with E-state index in [9.17, 15) is 4.79 Å². The molecule has 0 radical (unpaired) electrons. The van der Waals surface area contributed by atoms with Crippen LogP contribution >= 0.6 is 11.8 Å². The van der Waals surface area contributed by atoms with Gasteiger partial charge in [-0.3, -0.25) is 0 Å². The summed E-state index contributed by atoms with van der Waals surface area (Å²) in [7, 11) is 0. The van der Waals surface area contributed by atoms with E-state index in [0.717, 1.165) is 11.5 Å². The normalized spacial score (nSPS) is 39.8. The molecule has 9 heavy (non-hydrogen) atoms.